The zero-order valence-electron chi connectivity index (χ0n) is 12.3. The number of hydrogen-bond donors (Lipinski definition) is 0. The molecule has 0 aliphatic heterocycles. The Hall–Kier alpha value is -0.570. The second kappa shape index (κ2) is 8.51. The maximum Gasteiger partial charge on any atom is 0.306 e. The zero-order valence-corrected chi connectivity index (χ0v) is 12.3. The molecule has 0 fully saturated rings. The Morgan fingerprint density at radius 2 is 1.71 bits per heavy atom. The molecule has 17 heavy (non-hydrogen) atoms. The van der Waals surface area contributed by atoms with E-state index in [0.717, 1.165) is 23.9 Å². The monoisotopic (exact) mass is 244 g/mol. The summed E-state index contributed by atoms with van der Waals surface area (Å²) in [6.45, 7) is 5.03. The summed E-state index contributed by atoms with van der Waals surface area (Å²) in [7, 11) is 6.32. The molecule has 0 spiro atoms. The van der Waals surface area contributed by atoms with Crippen molar-refractivity contribution in [2.24, 2.45) is 0 Å². The predicted molar refractivity (Wildman–Crippen MR) is 71.8 cm³/mol. The lowest BCUT2D eigenvalue weighted by atomic mass is 10.1. The van der Waals surface area contributed by atoms with Crippen LogP contribution in [0.1, 0.15) is 52.4 Å². The van der Waals surface area contributed by atoms with Gasteiger partial charge in [-0.25, -0.2) is 0 Å². The van der Waals surface area contributed by atoms with Crippen molar-refractivity contribution < 1.29 is 14.0 Å². The molecule has 1 unspecified atom stereocenters. The smallest absolute Gasteiger partial charge is 0.306 e. The Bertz CT molecular complexity index is 209. The molecular formula is C14H30NO2+. The highest BCUT2D eigenvalue weighted by Gasteiger charge is 2.17. The van der Waals surface area contributed by atoms with Gasteiger partial charge < -0.3 is 9.22 Å². The molecule has 0 saturated heterocycles. The lowest BCUT2D eigenvalue weighted by Gasteiger charge is -2.27. The molecule has 0 aromatic heterocycles. The Morgan fingerprint density at radius 1 is 1.12 bits per heavy atom. The molecule has 0 saturated carbocycles. The SMILES string of the molecule is CCCCCCCC(=O)OC(C)C[N+](C)(C)C. The van der Waals surface area contributed by atoms with Crippen LogP contribution < -0.4 is 0 Å². The number of unbranched alkanes of at least 4 members (excludes halogenated alkanes) is 4. The van der Waals surface area contributed by atoms with Gasteiger partial charge in [0.25, 0.3) is 0 Å². The van der Waals surface area contributed by atoms with Crippen LogP contribution in [0.2, 0.25) is 0 Å². The molecule has 3 heteroatoms. The van der Waals surface area contributed by atoms with E-state index in [1.807, 2.05) is 6.92 Å². The number of esters is 1. The molecule has 0 radical (unpaired) electrons. The lowest BCUT2D eigenvalue weighted by molar-refractivity contribution is -0.873. The molecule has 0 amide bonds. The maximum absolute atomic E-state index is 11.5. The molecule has 0 N–H and O–H groups in total. The van der Waals surface area contributed by atoms with Gasteiger partial charge in [-0.05, 0) is 13.3 Å². The highest BCUT2D eigenvalue weighted by atomic mass is 16.5. The molecular weight excluding hydrogens is 214 g/mol. The number of ether oxygens (including phenoxy) is 1. The van der Waals surface area contributed by atoms with Crippen molar-refractivity contribution in [1.82, 2.24) is 0 Å². The molecule has 0 aliphatic rings. The van der Waals surface area contributed by atoms with Gasteiger partial charge in [-0.15, -0.1) is 0 Å². The van der Waals surface area contributed by atoms with E-state index < -0.39 is 0 Å². The van der Waals surface area contributed by atoms with Crippen molar-refractivity contribution in [2.45, 2.75) is 58.5 Å². The average molecular weight is 244 g/mol. The average Bonchev–Trinajstić information content (AvgIpc) is 2.14. The number of likely N-dealkylation sites (N-methyl/N-ethyl adjacent to an activating group) is 1. The molecule has 0 aliphatic carbocycles. The van der Waals surface area contributed by atoms with Gasteiger partial charge >= 0.3 is 5.97 Å². The Labute approximate surface area is 107 Å². The van der Waals surface area contributed by atoms with E-state index in [1.54, 1.807) is 0 Å². The molecule has 102 valence electrons. The Balaban J connectivity index is 3.58. The maximum atomic E-state index is 11.5. The van der Waals surface area contributed by atoms with Gasteiger partial charge in [0.15, 0.2) is 0 Å². The van der Waals surface area contributed by atoms with E-state index in [9.17, 15) is 4.79 Å². The van der Waals surface area contributed by atoms with Crippen LogP contribution in [0.15, 0.2) is 0 Å². The number of hydrogen-bond acceptors (Lipinski definition) is 2. The second-order valence-corrected chi connectivity index (χ2v) is 5.94. The van der Waals surface area contributed by atoms with Crippen LogP contribution in [0.25, 0.3) is 0 Å². The van der Waals surface area contributed by atoms with Crippen molar-refractivity contribution in [2.75, 3.05) is 27.7 Å². The third kappa shape index (κ3) is 11.7. The van der Waals surface area contributed by atoms with Crippen LogP contribution >= 0.6 is 0 Å². The topological polar surface area (TPSA) is 26.3 Å². The van der Waals surface area contributed by atoms with Crippen LogP contribution in [0.5, 0.6) is 0 Å². The van der Waals surface area contributed by atoms with Crippen molar-refractivity contribution >= 4 is 5.97 Å². The summed E-state index contributed by atoms with van der Waals surface area (Å²) in [4.78, 5) is 11.5. The zero-order chi connectivity index (χ0) is 13.3. The van der Waals surface area contributed by atoms with Crippen LogP contribution in [0.4, 0.5) is 0 Å². The van der Waals surface area contributed by atoms with Gasteiger partial charge in [-0.1, -0.05) is 32.6 Å². The fourth-order valence-electron chi connectivity index (χ4n) is 1.96. The fraction of sp³-hybridized carbons (Fsp3) is 0.929. The van der Waals surface area contributed by atoms with E-state index in [-0.39, 0.29) is 12.1 Å². The standard InChI is InChI=1S/C14H30NO2/c1-6-7-8-9-10-11-14(16)17-13(2)12-15(3,4)5/h13H,6-12H2,1-5H3/q+1. The number of nitrogens with zero attached hydrogens (tertiary/aromatic N) is 1. The van der Waals surface area contributed by atoms with E-state index in [4.69, 9.17) is 4.74 Å². The van der Waals surface area contributed by atoms with Gasteiger partial charge in [0, 0.05) is 6.42 Å². The number of rotatable bonds is 9. The number of quaternary nitrogens is 1. The fourth-order valence-corrected chi connectivity index (χ4v) is 1.96. The van der Waals surface area contributed by atoms with Crippen LogP contribution in [0.3, 0.4) is 0 Å². The Morgan fingerprint density at radius 3 is 2.24 bits per heavy atom. The molecule has 1 atom stereocenters. The van der Waals surface area contributed by atoms with Crippen LogP contribution in [-0.4, -0.2) is 44.2 Å². The third-order valence-corrected chi connectivity index (χ3v) is 2.62. The summed E-state index contributed by atoms with van der Waals surface area (Å²) < 4.78 is 6.20. The summed E-state index contributed by atoms with van der Waals surface area (Å²) in [5.41, 5.74) is 0. The first-order chi connectivity index (χ1) is 7.85. The normalized spacial score (nSPS) is 13.5. The molecule has 3 nitrogen and oxygen atoms in total. The first kappa shape index (κ1) is 16.4. The summed E-state index contributed by atoms with van der Waals surface area (Å²) in [5.74, 6) is -0.0394. The van der Waals surface area contributed by atoms with E-state index in [0.29, 0.717) is 6.42 Å². The van der Waals surface area contributed by atoms with E-state index >= 15 is 0 Å². The highest BCUT2D eigenvalue weighted by Crippen LogP contribution is 2.07. The largest absolute Gasteiger partial charge is 0.457 e. The van der Waals surface area contributed by atoms with Crippen molar-refractivity contribution in [1.29, 1.82) is 0 Å². The van der Waals surface area contributed by atoms with Crippen molar-refractivity contribution in [3.8, 4) is 0 Å². The summed E-state index contributed by atoms with van der Waals surface area (Å²) >= 11 is 0. The molecule has 0 aromatic carbocycles. The second-order valence-electron chi connectivity index (χ2n) is 5.94. The van der Waals surface area contributed by atoms with Crippen molar-refractivity contribution in [3.63, 3.8) is 0 Å². The van der Waals surface area contributed by atoms with Gasteiger partial charge in [0.05, 0.1) is 21.1 Å². The quantitative estimate of drug-likeness (QED) is 0.354. The highest BCUT2D eigenvalue weighted by molar-refractivity contribution is 5.69. The minimum atomic E-state index is -0.0394. The van der Waals surface area contributed by atoms with E-state index in [1.165, 1.54) is 19.3 Å². The molecule has 0 heterocycles. The first-order valence-corrected chi connectivity index (χ1v) is 6.85. The first-order valence-electron chi connectivity index (χ1n) is 6.85. The van der Waals surface area contributed by atoms with Gasteiger partial charge in [0.2, 0.25) is 0 Å². The summed E-state index contributed by atoms with van der Waals surface area (Å²) in [6, 6.07) is 0. The predicted octanol–water partition coefficient (Wildman–Crippen LogP) is 2.98. The number of carbonyl (C=O) groups excluding carboxylic acids is 1. The van der Waals surface area contributed by atoms with Gasteiger partial charge in [0.1, 0.15) is 12.6 Å². The van der Waals surface area contributed by atoms with E-state index in [2.05, 4.69) is 28.1 Å². The van der Waals surface area contributed by atoms with Gasteiger partial charge in [-0.2, -0.15) is 0 Å². The Kier molecular flexibility index (Phi) is 8.23. The summed E-state index contributed by atoms with van der Waals surface area (Å²) in [6.07, 6.45) is 6.45. The van der Waals surface area contributed by atoms with Crippen LogP contribution in [-0.2, 0) is 9.53 Å². The molecule has 0 bridgehead atoms. The minimum absolute atomic E-state index is 0.0122. The number of carbonyl (C=O) groups is 1. The summed E-state index contributed by atoms with van der Waals surface area (Å²) in [5, 5.41) is 0. The molecule has 0 aromatic rings. The van der Waals surface area contributed by atoms with Crippen molar-refractivity contribution in [3.05, 3.63) is 0 Å². The van der Waals surface area contributed by atoms with Gasteiger partial charge in [-0.3, -0.25) is 4.79 Å². The third-order valence-electron chi connectivity index (χ3n) is 2.62. The molecule has 0 rings (SSSR count). The lowest BCUT2D eigenvalue weighted by Crippen LogP contribution is -2.41. The van der Waals surface area contributed by atoms with Crippen LogP contribution in [0, 0.1) is 0 Å². The minimum Gasteiger partial charge on any atom is -0.457 e.